The molecule has 0 spiro atoms. The van der Waals surface area contributed by atoms with Gasteiger partial charge in [0.05, 0.1) is 11.3 Å². The number of amides is 1. The van der Waals surface area contributed by atoms with Crippen LogP contribution >= 0.6 is 0 Å². The number of rotatable bonds is 5. The highest BCUT2D eigenvalue weighted by molar-refractivity contribution is 7.90. The third-order valence-electron chi connectivity index (χ3n) is 4.58. The maximum Gasteiger partial charge on any atom is 0.334 e. The van der Waals surface area contributed by atoms with Crippen molar-refractivity contribution in [2.45, 2.75) is 18.9 Å². The predicted octanol–water partition coefficient (Wildman–Crippen LogP) is 0.990. The second kappa shape index (κ2) is 6.99. The van der Waals surface area contributed by atoms with Crippen molar-refractivity contribution in [3.63, 3.8) is 0 Å². The summed E-state index contributed by atoms with van der Waals surface area (Å²) >= 11 is 0. The molecule has 1 unspecified atom stereocenters. The Bertz CT molecular complexity index is 966. The van der Waals surface area contributed by atoms with Gasteiger partial charge in [0.15, 0.2) is 5.54 Å². The fourth-order valence-corrected chi connectivity index (χ4v) is 3.99. The lowest BCUT2D eigenvalue weighted by Gasteiger charge is -2.31. The third-order valence-corrected chi connectivity index (χ3v) is 5.74. The molecule has 1 aromatic carbocycles. The van der Waals surface area contributed by atoms with Crippen LogP contribution in [0.4, 0.5) is 0 Å². The number of carboxylic acids is 1. The predicted molar refractivity (Wildman–Crippen MR) is 99.3 cm³/mol. The number of carbonyl (C=O) groups is 2. The third kappa shape index (κ3) is 3.63. The Balaban J connectivity index is 1.89. The second-order valence-electron chi connectivity index (χ2n) is 6.23. The summed E-state index contributed by atoms with van der Waals surface area (Å²) < 4.78 is 26.8. The summed E-state index contributed by atoms with van der Waals surface area (Å²) in [5.41, 5.74) is -0.865. The van der Waals surface area contributed by atoms with Crippen LogP contribution in [-0.4, -0.2) is 48.4 Å². The number of benzene rings is 1. The van der Waals surface area contributed by atoms with Crippen LogP contribution in [0.15, 0.2) is 58.7 Å². The molecule has 1 atom stereocenters. The SMILES string of the molecule is CCC(NC(=O)C1=CN2CCS(=O)(=O)N=C2C=C1)(C(=O)O)c1ccccc1. The van der Waals surface area contributed by atoms with Gasteiger partial charge < -0.3 is 15.3 Å². The van der Waals surface area contributed by atoms with Crippen LogP contribution in [-0.2, 0) is 25.2 Å². The van der Waals surface area contributed by atoms with Crippen LogP contribution in [0.2, 0.25) is 0 Å². The Kier molecular flexibility index (Phi) is 4.88. The normalized spacial score (nSPS) is 20.0. The standard InChI is InChI=1S/C18H19N3O5S/c1-2-18(17(23)24,14-6-4-3-5-7-14)19-16(22)13-8-9-15-20-27(25,26)11-10-21(15)12-13/h3-9,12H,2,10-11H2,1H3,(H,19,22)(H,23,24). The lowest BCUT2D eigenvalue weighted by molar-refractivity contribution is -0.147. The summed E-state index contributed by atoms with van der Waals surface area (Å²) in [5, 5.41) is 12.5. The monoisotopic (exact) mass is 389 g/mol. The van der Waals surface area contributed by atoms with Crippen molar-refractivity contribution < 1.29 is 23.1 Å². The van der Waals surface area contributed by atoms with Gasteiger partial charge in [-0.1, -0.05) is 37.3 Å². The summed E-state index contributed by atoms with van der Waals surface area (Å²) in [6.07, 6.45) is 4.50. The Labute approximate surface area is 157 Å². The van der Waals surface area contributed by atoms with Gasteiger partial charge in [-0.15, -0.1) is 4.40 Å². The first kappa shape index (κ1) is 18.8. The number of nitrogens with zero attached hydrogens (tertiary/aromatic N) is 2. The van der Waals surface area contributed by atoms with Crippen LogP contribution in [0.1, 0.15) is 18.9 Å². The minimum Gasteiger partial charge on any atom is -0.479 e. The van der Waals surface area contributed by atoms with E-state index in [1.54, 1.807) is 42.2 Å². The minimum atomic E-state index is -3.48. The van der Waals surface area contributed by atoms with Crippen LogP contribution in [0.25, 0.3) is 0 Å². The zero-order chi connectivity index (χ0) is 19.7. The zero-order valence-electron chi connectivity index (χ0n) is 14.6. The first-order valence-electron chi connectivity index (χ1n) is 8.38. The summed E-state index contributed by atoms with van der Waals surface area (Å²) in [4.78, 5) is 26.4. The molecule has 0 bridgehead atoms. The average Bonchev–Trinajstić information content (AvgIpc) is 2.65. The van der Waals surface area contributed by atoms with Gasteiger partial charge in [-0.3, -0.25) is 4.79 Å². The van der Waals surface area contributed by atoms with Gasteiger partial charge in [-0.25, -0.2) is 13.2 Å². The molecule has 9 heteroatoms. The van der Waals surface area contributed by atoms with E-state index in [-0.39, 0.29) is 30.1 Å². The van der Waals surface area contributed by atoms with Gasteiger partial charge in [0.1, 0.15) is 5.84 Å². The molecular weight excluding hydrogens is 370 g/mol. The van der Waals surface area contributed by atoms with E-state index in [2.05, 4.69) is 9.71 Å². The lowest BCUT2D eigenvalue weighted by atomic mass is 9.86. The minimum absolute atomic E-state index is 0.145. The number of nitrogens with one attached hydrogen (secondary N) is 1. The smallest absolute Gasteiger partial charge is 0.334 e. The highest BCUT2D eigenvalue weighted by atomic mass is 32.2. The lowest BCUT2D eigenvalue weighted by Crippen LogP contribution is -2.52. The van der Waals surface area contributed by atoms with E-state index in [9.17, 15) is 23.1 Å². The number of sulfonamides is 1. The van der Waals surface area contributed by atoms with Crippen molar-refractivity contribution in [3.05, 3.63) is 59.8 Å². The van der Waals surface area contributed by atoms with E-state index < -0.39 is 27.4 Å². The van der Waals surface area contributed by atoms with E-state index in [4.69, 9.17) is 0 Å². The van der Waals surface area contributed by atoms with Crippen molar-refractivity contribution >= 4 is 27.7 Å². The summed E-state index contributed by atoms with van der Waals surface area (Å²) in [7, 11) is -3.48. The molecular formula is C18H19N3O5S. The first-order chi connectivity index (χ1) is 12.8. The number of hydrogen-bond acceptors (Lipinski definition) is 5. The maximum absolute atomic E-state index is 12.8. The first-order valence-corrected chi connectivity index (χ1v) is 9.99. The molecule has 2 aliphatic heterocycles. The van der Waals surface area contributed by atoms with Crippen molar-refractivity contribution in [3.8, 4) is 0 Å². The summed E-state index contributed by atoms with van der Waals surface area (Å²) in [6.45, 7) is 1.87. The van der Waals surface area contributed by atoms with Gasteiger partial charge in [0.2, 0.25) is 0 Å². The molecule has 0 saturated heterocycles. The molecule has 0 fully saturated rings. The molecule has 0 aromatic heterocycles. The quantitative estimate of drug-likeness (QED) is 0.776. The van der Waals surface area contributed by atoms with Gasteiger partial charge in [0.25, 0.3) is 15.9 Å². The average molecular weight is 389 g/mol. The highest BCUT2D eigenvalue weighted by Gasteiger charge is 2.41. The zero-order valence-corrected chi connectivity index (χ0v) is 15.4. The molecule has 2 aliphatic rings. The van der Waals surface area contributed by atoms with Crippen LogP contribution in [0, 0.1) is 0 Å². The Morgan fingerprint density at radius 1 is 1.26 bits per heavy atom. The molecule has 27 heavy (non-hydrogen) atoms. The van der Waals surface area contributed by atoms with E-state index in [0.29, 0.717) is 5.56 Å². The topological polar surface area (TPSA) is 116 Å². The molecule has 8 nitrogen and oxygen atoms in total. The highest BCUT2D eigenvalue weighted by Crippen LogP contribution is 2.26. The van der Waals surface area contributed by atoms with Gasteiger partial charge in [-0.05, 0) is 24.1 Å². The van der Waals surface area contributed by atoms with Crippen molar-refractivity contribution in [2.75, 3.05) is 12.3 Å². The fraction of sp³-hybridized carbons (Fsp3) is 0.278. The summed E-state index contributed by atoms with van der Waals surface area (Å²) in [5.74, 6) is -1.63. The Hall–Kier alpha value is -2.94. The molecule has 1 aromatic rings. The van der Waals surface area contributed by atoms with Crippen LogP contribution < -0.4 is 5.32 Å². The van der Waals surface area contributed by atoms with Crippen LogP contribution in [0.5, 0.6) is 0 Å². The fourth-order valence-electron chi connectivity index (χ4n) is 3.02. The Morgan fingerprint density at radius 3 is 2.59 bits per heavy atom. The molecule has 3 rings (SSSR count). The van der Waals surface area contributed by atoms with Crippen molar-refractivity contribution in [1.29, 1.82) is 0 Å². The van der Waals surface area contributed by atoms with Gasteiger partial charge in [0, 0.05) is 12.7 Å². The number of carbonyl (C=O) groups excluding carboxylic acids is 1. The van der Waals surface area contributed by atoms with E-state index in [0.717, 1.165) is 0 Å². The molecule has 0 saturated carbocycles. The molecule has 2 N–H and O–H groups in total. The maximum atomic E-state index is 12.8. The number of hydrogen-bond donors (Lipinski definition) is 2. The largest absolute Gasteiger partial charge is 0.479 e. The number of fused-ring (bicyclic) bond motifs is 1. The van der Waals surface area contributed by atoms with Crippen molar-refractivity contribution in [2.24, 2.45) is 4.40 Å². The molecule has 0 radical (unpaired) electrons. The van der Waals surface area contributed by atoms with E-state index in [1.165, 1.54) is 18.4 Å². The summed E-state index contributed by atoms with van der Waals surface area (Å²) in [6, 6.07) is 8.51. The van der Waals surface area contributed by atoms with E-state index >= 15 is 0 Å². The number of amidine groups is 1. The van der Waals surface area contributed by atoms with Crippen molar-refractivity contribution in [1.82, 2.24) is 10.2 Å². The molecule has 2 heterocycles. The second-order valence-corrected chi connectivity index (χ2v) is 7.99. The van der Waals surface area contributed by atoms with Gasteiger partial charge in [-0.2, -0.15) is 0 Å². The number of aliphatic carboxylic acids is 1. The Morgan fingerprint density at radius 2 is 1.96 bits per heavy atom. The van der Waals surface area contributed by atoms with E-state index in [1.807, 2.05) is 0 Å². The number of carboxylic acid groups (broad SMARTS) is 1. The molecule has 0 aliphatic carbocycles. The van der Waals surface area contributed by atoms with Crippen LogP contribution in [0.3, 0.4) is 0 Å². The molecule has 1 amide bonds. The van der Waals surface area contributed by atoms with Gasteiger partial charge >= 0.3 is 5.97 Å². The molecule has 142 valence electrons.